The number of pyridine rings is 1. The molecule has 0 atom stereocenters. The predicted molar refractivity (Wildman–Crippen MR) is 100 cm³/mol. The van der Waals surface area contributed by atoms with E-state index in [1.54, 1.807) is 11.1 Å². The zero-order chi connectivity index (χ0) is 17.8. The van der Waals surface area contributed by atoms with Gasteiger partial charge in [-0.25, -0.2) is 0 Å². The van der Waals surface area contributed by atoms with Gasteiger partial charge in [-0.15, -0.1) is 0 Å². The van der Waals surface area contributed by atoms with Crippen LogP contribution < -0.4 is 4.74 Å². The number of amides is 1. The van der Waals surface area contributed by atoms with E-state index in [4.69, 9.17) is 9.47 Å². The molecule has 4 rings (SSSR count). The number of carbonyl (C=O) groups is 1. The van der Waals surface area contributed by atoms with Gasteiger partial charge in [-0.1, -0.05) is 24.3 Å². The van der Waals surface area contributed by atoms with Gasteiger partial charge in [0.05, 0.1) is 13.2 Å². The lowest BCUT2D eigenvalue weighted by Crippen LogP contribution is -2.42. The lowest BCUT2D eigenvalue weighted by Gasteiger charge is -2.26. The molecule has 0 N–H and O–H groups in total. The summed E-state index contributed by atoms with van der Waals surface area (Å²) in [7, 11) is 0. The first-order chi connectivity index (χ1) is 12.8. The largest absolute Gasteiger partial charge is 0.484 e. The molecule has 1 saturated heterocycles. The van der Waals surface area contributed by atoms with Crippen molar-refractivity contribution in [1.82, 2.24) is 9.88 Å². The molecule has 0 unspecified atom stereocenters. The number of fused-ring (bicyclic) bond motifs is 1. The fourth-order valence-corrected chi connectivity index (χ4v) is 3.08. The highest BCUT2D eigenvalue weighted by Crippen LogP contribution is 2.26. The zero-order valence-corrected chi connectivity index (χ0v) is 14.4. The number of ether oxygens (including phenoxy) is 2. The number of morpholine rings is 1. The van der Waals surface area contributed by atoms with Crippen molar-refractivity contribution in [3.05, 3.63) is 60.9 Å². The maximum absolute atomic E-state index is 12.2. The van der Waals surface area contributed by atoms with E-state index in [1.807, 2.05) is 36.5 Å². The van der Waals surface area contributed by atoms with Crippen molar-refractivity contribution in [1.29, 1.82) is 0 Å². The summed E-state index contributed by atoms with van der Waals surface area (Å²) in [6.07, 6.45) is 3.62. The quantitative estimate of drug-likeness (QED) is 0.727. The number of carbonyl (C=O) groups excluding carboxylic acids is 1. The summed E-state index contributed by atoms with van der Waals surface area (Å²) in [5.41, 5.74) is 2.18. The number of nitrogens with zero attached hydrogens (tertiary/aromatic N) is 2. The van der Waals surface area contributed by atoms with Gasteiger partial charge in [0.15, 0.2) is 6.61 Å². The molecule has 0 spiro atoms. The van der Waals surface area contributed by atoms with E-state index in [-0.39, 0.29) is 12.5 Å². The van der Waals surface area contributed by atoms with Crippen molar-refractivity contribution < 1.29 is 14.3 Å². The van der Waals surface area contributed by atoms with Gasteiger partial charge in [-0.2, -0.15) is 0 Å². The van der Waals surface area contributed by atoms with Crippen LogP contribution in [0, 0.1) is 0 Å². The average molecular weight is 348 g/mol. The molecule has 0 bridgehead atoms. The number of benzene rings is 2. The van der Waals surface area contributed by atoms with Crippen molar-refractivity contribution in [2.75, 3.05) is 32.9 Å². The Balaban J connectivity index is 1.50. The van der Waals surface area contributed by atoms with Crippen LogP contribution in [0.3, 0.4) is 0 Å². The van der Waals surface area contributed by atoms with Crippen molar-refractivity contribution in [3.63, 3.8) is 0 Å². The van der Waals surface area contributed by atoms with E-state index in [0.717, 1.165) is 21.9 Å². The van der Waals surface area contributed by atoms with Gasteiger partial charge in [-0.3, -0.25) is 9.78 Å². The fraction of sp³-hybridized carbons (Fsp3) is 0.238. The molecule has 2 heterocycles. The second-order valence-corrected chi connectivity index (χ2v) is 6.25. The fourth-order valence-electron chi connectivity index (χ4n) is 3.08. The molecule has 26 heavy (non-hydrogen) atoms. The van der Waals surface area contributed by atoms with Crippen molar-refractivity contribution in [2.24, 2.45) is 0 Å². The van der Waals surface area contributed by atoms with Gasteiger partial charge in [0.25, 0.3) is 5.91 Å². The van der Waals surface area contributed by atoms with Gasteiger partial charge in [-0.05, 0) is 40.6 Å². The van der Waals surface area contributed by atoms with Crippen LogP contribution in [0.2, 0.25) is 0 Å². The topological polar surface area (TPSA) is 51.7 Å². The van der Waals surface area contributed by atoms with Crippen molar-refractivity contribution >= 4 is 16.7 Å². The van der Waals surface area contributed by atoms with Gasteiger partial charge in [0.1, 0.15) is 5.75 Å². The summed E-state index contributed by atoms with van der Waals surface area (Å²) in [5, 5.41) is 2.20. The van der Waals surface area contributed by atoms with Crippen LogP contribution in [0.1, 0.15) is 0 Å². The summed E-state index contributed by atoms with van der Waals surface area (Å²) in [4.78, 5) is 18.2. The van der Waals surface area contributed by atoms with Gasteiger partial charge in [0.2, 0.25) is 0 Å². The Morgan fingerprint density at radius 2 is 1.88 bits per heavy atom. The van der Waals surface area contributed by atoms with Crippen molar-refractivity contribution in [2.45, 2.75) is 0 Å². The minimum absolute atomic E-state index is 0.00231. The van der Waals surface area contributed by atoms with Crippen molar-refractivity contribution in [3.8, 4) is 16.9 Å². The van der Waals surface area contributed by atoms with E-state index in [1.165, 1.54) is 0 Å². The van der Waals surface area contributed by atoms with Crippen LogP contribution in [-0.2, 0) is 9.53 Å². The van der Waals surface area contributed by atoms with Crippen LogP contribution >= 0.6 is 0 Å². The van der Waals surface area contributed by atoms with Gasteiger partial charge < -0.3 is 14.4 Å². The molecular formula is C21H20N2O3. The monoisotopic (exact) mass is 348 g/mol. The van der Waals surface area contributed by atoms with Crippen LogP contribution in [0.25, 0.3) is 21.9 Å². The Bertz CT molecular complexity index is 906. The van der Waals surface area contributed by atoms with E-state index >= 15 is 0 Å². The predicted octanol–water partition coefficient (Wildman–Crippen LogP) is 3.14. The molecule has 1 aliphatic heterocycles. The Kier molecular flexibility index (Phi) is 4.80. The highest BCUT2D eigenvalue weighted by Gasteiger charge is 2.17. The van der Waals surface area contributed by atoms with Crippen LogP contribution in [-0.4, -0.2) is 48.7 Å². The lowest BCUT2D eigenvalue weighted by molar-refractivity contribution is -0.137. The number of hydrogen-bond acceptors (Lipinski definition) is 4. The first-order valence-corrected chi connectivity index (χ1v) is 8.72. The second kappa shape index (κ2) is 7.54. The van der Waals surface area contributed by atoms with Gasteiger partial charge >= 0.3 is 0 Å². The normalized spacial score (nSPS) is 14.4. The third-order valence-corrected chi connectivity index (χ3v) is 4.53. The maximum atomic E-state index is 12.2. The first kappa shape index (κ1) is 16.5. The molecule has 132 valence electrons. The maximum Gasteiger partial charge on any atom is 0.260 e. The third kappa shape index (κ3) is 3.68. The minimum atomic E-state index is -0.00231. The Hall–Kier alpha value is -2.92. The Morgan fingerprint density at radius 3 is 2.69 bits per heavy atom. The summed E-state index contributed by atoms with van der Waals surface area (Å²) in [5.74, 6) is 0.694. The van der Waals surface area contributed by atoms with Gasteiger partial charge in [0, 0.05) is 31.0 Å². The third-order valence-electron chi connectivity index (χ3n) is 4.53. The summed E-state index contributed by atoms with van der Waals surface area (Å²) in [6.45, 7) is 2.51. The van der Waals surface area contributed by atoms with E-state index < -0.39 is 0 Å². The summed E-state index contributed by atoms with van der Waals surface area (Å²) >= 11 is 0. The molecule has 1 amide bonds. The van der Waals surface area contributed by atoms with E-state index in [0.29, 0.717) is 32.1 Å². The second-order valence-electron chi connectivity index (χ2n) is 6.25. The van der Waals surface area contributed by atoms with E-state index in [9.17, 15) is 4.79 Å². The average Bonchev–Trinajstić information content (AvgIpc) is 2.72. The lowest BCUT2D eigenvalue weighted by atomic mass is 10.0. The number of hydrogen-bond donors (Lipinski definition) is 0. The standard InChI is InChI=1S/C21H20N2O3/c24-21(23-8-10-25-11-9-23)15-26-20-6-5-16-3-4-17(12-19(16)13-20)18-2-1-7-22-14-18/h1-7,12-14H,8-11,15H2. The molecule has 1 aromatic heterocycles. The highest BCUT2D eigenvalue weighted by molar-refractivity contribution is 5.88. The zero-order valence-electron chi connectivity index (χ0n) is 14.4. The molecule has 5 nitrogen and oxygen atoms in total. The Morgan fingerprint density at radius 1 is 1.04 bits per heavy atom. The molecule has 1 aliphatic rings. The Labute approximate surface area is 152 Å². The number of aromatic nitrogens is 1. The first-order valence-electron chi connectivity index (χ1n) is 8.72. The smallest absolute Gasteiger partial charge is 0.260 e. The molecule has 0 saturated carbocycles. The molecule has 3 aromatic rings. The molecule has 0 radical (unpaired) electrons. The van der Waals surface area contributed by atoms with E-state index in [2.05, 4.69) is 23.2 Å². The van der Waals surface area contributed by atoms with Crippen LogP contribution in [0.15, 0.2) is 60.9 Å². The highest BCUT2D eigenvalue weighted by atomic mass is 16.5. The summed E-state index contributed by atoms with van der Waals surface area (Å²) in [6, 6.07) is 16.1. The van der Waals surface area contributed by atoms with Crippen LogP contribution in [0.5, 0.6) is 5.75 Å². The SMILES string of the molecule is O=C(COc1ccc2ccc(-c3cccnc3)cc2c1)N1CCOCC1. The molecule has 2 aromatic carbocycles. The molecule has 0 aliphatic carbocycles. The molecular weight excluding hydrogens is 328 g/mol. The number of rotatable bonds is 4. The molecule has 1 fully saturated rings. The minimum Gasteiger partial charge on any atom is -0.484 e. The summed E-state index contributed by atoms with van der Waals surface area (Å²) < 4.78 is 11.0. The molecule has 5 heteroatoms. The van der Waals surface area contributed by atoms with Crippen LogP contribution in [0.4, 0.5) is 0 Å².